The SMILES string of the molecule is CNCC(OC1CCCC1)c1cccc(Br)c1. The summed E-state index contributed by atoms with van der Waals surface area (Å²) in [7, 11) is 1.98. The number of rotatable bonds is 5. The Morgan fingerprint density at radius 3 is 2.82 bits per heavy atom. The second kappa shape index (κ2) is 6.53. The third-order valence-electron chi connectivity index (χ3n) is 3.27. The third-order valence-corrected chi connectivity index (χ3v) is 3.76. The lowest BCUT2D eigenvalue weighted by molar-refractivity contribution is -0.00786. The Kier molecular flexibility index (Phi) is 5.01. The number of likely N-dealkylation sites (N-methyl/N-ethyl adjacent to an activating group) is 1. The van der Waals surface area contributed by atoms with Gasteiger partial charge in [0.1, 0.15) is 0 Å². The van der Waals surface area contributed by atoms with Crippen LogP contribution in [0.1, 0.15) is 37.4 Å². The summed E-state index contributed by atoms with van der Waals surface area (Å²) in [5.74, 6) is 0. The molecule has 1 unspecified atom stereocenters. The molecule has 1 aliphatic carbocycles. The number of nitrogens with one attached hydrogen (secondary N) is 1. The summed E-state index contributed by atoms with van der Waals surface area (Å²) < 4.78 is 7.33. The van der Waals surface area contributed by atoms with Crippen LogP contribution in [0.3, 0.4) is 0 Å². The molecule has 1 saturated carbocycles. The van der Waals surface area contributed by atoms with Crippen molar-refractivity contribution in [2.75, 3.05) is 13.6 Å². The van der Waals surface area contributed by atoms with E-state index in [9.17, 15) is 0 Å². The summed E-state index contributed by atoms with van der Waals surface area (Å²) in [5.41, 5.74) is 1.25. The molecule has 2 rings (SSSR count). The Balaban J connectivity index is 2.04. The summed E-state index contributed by atoms with van der Waals surface area (Å²) in [5, 5.41) is 3.22. The molecule has 0 saturated heterocycles. The van der Waals surface area contributed by atoms with Crippen LogP contribution in [0.5, 0.6) is 0 Å². The first-order valence-electron chi connectivity index (χ1n) is 6.35. The second-order valence-corrected chi connectivity index (χ2v) is 5.56. The summed E-state index contributed by atoms with van der Waals surface area (Å²) in [4.78, 5) is 0. The molecule has 1 N–H and O–H groups in total. The zero-order valence-electron chi connectivity index (χ0n) is 10.3. The van der Waals surface area contributed by atoms with E-state index in [0.29, 0.717) is 6.10 Å². The van der Waals surface area contributed by atoms with Crippen molar-refractivity contribution >= 4 is 15.9 Å². The van der Waals surface area contributed by atoms with Gasteiger partial charge in [0.2, 0.25) is 0 Å². The van der Waals surface area contributed by atoms with Crippen molar-refractivity contribution in [2.45, 2.75) is 37.9 Å². The number of ether oxygens (including phenoxy) is 1. The van der Waals surface area contributed by atoms with E-state index in [1.165, 1.54) is 31.2 Å². The standard InChI is InChI=1S/C14H20BrNO/c1-16-10-14(17-13-7-2-3-8-13)11-5-4-6-12(15)9-11/h4-6,9,13-14,16H,2-3,7-8,10H2,1H3. The van der Waals surface area contributed by atoms with Crippen LogP contribution in [-0.4, -0.2) is 19.7 Å². The maximum Gasteiger partial charge on any atom is 0.0953 e. The van der Waals surface area contributed by atoms with Gasteiger partial charge in [-0.15, -0.1) is 0 Å². The van der Waals surface area contributed by atoms with E-state index in [1.54, 1.807) is 0 Å². The van der Waals surface area contributed by atoms with Crippen LogP contribution in [0, 0.1) is 0 Å². The smallest absolute Gasteiger partial charge is 0.0953 e. The molecule has 94 valence electrons. The van der Waals surface area contributed by atoms with E-state index >= 15 is 0 Å². The van der Waals surface area contributed by atoms with E-state index < -0.39 is 0 Å². The van der Waals surface area contributed by atoms with E-state index in [4.69, 9.17) is 4.74 Å². The quantitative estimate of drug-likeness (QED) is 0.895. The van der Waals surface area contributed by atoms with Crippen molar-refractivity contribution < 1.29 is 4.74 Å². The van der Waals surface area contributed by atoms with E-state index in [2.05, 4.69) is 45.5 Å². The van der Waals surface area contributed by atoms with Crippen LogP contribution in [-0.2, 0) is 4.74 Å². The van der Waals surface area contributed by atoms with Crippen molar-refractivity contribution in [1.82, 2.24) is 5.32 Å². The highest BCUT2D eigenvalue weighted by molar-refractivity contribution is 9.10. The maximum atomic E-state index is 6.21. The Bertz CT molecular complexity index is 350. The minimum Gasteiger partial charge on any atom is -0.369 e. The first kappa shape index (κ1) is 13.1. The van der Waals surface area contributed by atoms with Gasteiger partial charge in [0.15, 0.2) is 0 Å². The van der Waals surface area contributed by atoms with Crippen LogP contribution in [0.15, 0.2) is 28.7 Å². The molecule has 1 aromatic rings. The normalized spacial score (nSPS) is 18.5. The molecule has 0 radical (unpaired) electrons. The minimum absolute atomic E-state index is 0.167. The van der Waals surface area contributed by atoms with Crippen molar-refractivity contribution in [3.63, 3.8) is 0 Å². The van der Waals surface area contributed by atoms with Crippen LogP contribution in [0.2, 0.25) is 0 Å². The first-order chi connectivity index (χ1) is 8.29. The molecule has 17 heavy (non-hydrogen) atoms. The van der Waals surface area contributed by atoms with Crippen molar-refractivity contribution in [2.24, 2.45) is 0 Å². The Morgan fingerprint density at radius 1 is 1.41 bits per heavy atom. The molecule has 3 heteroatoms. The van der Waals surface area contributed by atoms with Gasteiger partial charge in [-0.25, -0.2) is 0 Å². The Hall–Kier alpha value is -0.380. The fourth-order valence-corrected chi connectivity index (χ4v) is 2.81. The molecule has 0 aliphatic heterocycles. The van der Waals surface area contributed by atoms with Gasteiger partial charge in [-0.05, 0) is 37.6 Å². The van der Waals surface area contributed by atoms with Crippen LogP contribution >= 0.6 is 15.9 Å². The van der Waals surface area contributed by atoms with Crippen LogP contribution < -0.4 is 5.32 Å². The molecule has 1 fully saturated rings. The highest BCUT2D eigenvalue weighted by Gasteiger charge is 2.21. The monoisotopic (exact) mass is 297 g/mol. The van der Waals surface area contributed by atoms with E-state index in [1.807, 2.05) is 7.05 Å². The number of hydrogen-bond donors (Lipinski definition) is 1. The van der Waals surface area contributed by atoms with Gasteiger partial charge >= 0.3 is 0 Å². The van der Waals surface area contributed by atoms with Crippen molar-refractivity contribution in [1.29, 1.82) is 0 Å². The largest absolute Gasteiger partial charge is 0.369 e. The number of halogens is 1. The number of benzene rings is 1. The minimum atomic E-state index is 0.167. The van der Waals surface area contributed by atoms with Gasteiger partial charge < -0.3 is 10.1 Å². The van der Waals surface area contributed by atoms with Crippen molar-refractivity contribution in [3.05, 3.63) is 34.3 Å². The van der Waals surface area contributed by atoms with Gasteiger partial charge in [0.25, 0.3) is 0 Å². The molecule has 0 bridgehead atoms. The van der Waals surface area contributed by atoms with Gasteiger partial charge in [0.05, 0.1) is 12.2 Å². The molecule has 2 nitrogen and oxygen atoms in total. The number of hydrogen-bond acceptors (Lipinski definition) is 2. The van der Waals surface area contributed by atoms with Gasteiger partial charge in [-0.3, -0.25) is 0 Å². The molecular formula is C14H20BrNO. The van der Waals surface area contributed by atoms with Crippen LogP contribution in [0.4, 0.5) is 0 Å². The summed E-state index contributed by atoms with van der Waals surface area (Å²) in [6.07, 6.45) is 5.68. The highest BCUT2D eigenvalue weighted by atomic mass is 79.9. The molecule has 0 amide bonds. The molecule has 0 spiro atoms. The highest BCUT2D eigenvalue weighted by Crippen LogP contribution is 2.28. The fraction of sp³-hybridized carbons (Fsp3) is 0.571. The van der Waals surface area contributed by atoms with Gasteiger partial charge in [-0.2, -0.15) is 0 Å². The first-order valence-corrected chi connectivity index (χ1v) is 7.14. The molecule has 1 aromatic carbocycles. The summed E-state index contributed by atoms with van der Waals surface area (Å²) >= 11 is 3.52. The van der Waals surface area contributed by atoms with Gasteiger partial charge in [0, 0.05) is 11.0 Å². The van der Waals surface area contributed by atoms with E-state index in [0.717, 1.165) is 11.0 Å². The zero-order chi connectivity index (χ0) is 12.1. The summed E-state index contributed by atoms with van der Waals surface area (Å²) in [6.45, 7) is 0.868. The topological polar surface area (TPSA) is 21.3 Å². The Morgan fingerprint density at radius 2 is 2.18 bits per heavy atom. The van der Waals surface area contributed by atoms with Crippen LogP contribution in [0.25, 0.3) is 0 Å². The molecule has 0 aromatic heterocycles. The zero-order valence-corrected chi connectivity index (χ0v) is 11.9. The predicted molar refractivity (Wildman–Crippen MR) is 74.2 cm³/mol. The molecule has 0 heterocycles. The lowest BCUT2D eigenvalue weighted by Crippen LogP contribution is -2.23. The average Bonchev–Trinajstić information content (AvgIpc) is 2.81. The average molecular weight is 298 g/mol. The fourth-order valence-electron chi connectivity index (χ4n) is 2.39. The maximum absolute atomic E-state index is 6.21. The Labute approximate surface area is 112 Å². The predicted octanol–water partition coefficient (Wildman–Crippen LogP) is 3.67. The van der Waals surface area contributed by atoms with E-state index in [-0.39, 0.29) is 6.10 Å². The second-order valence-electron chi connectivity index (χ2n) is 4.64. The molecule has 1 aliphatic rings. The lowest BCUT2D eigenvalue weighted by Gasteiger charge is -2.22. The molecule has 1 atom stereocenters. The lowest BCUT2D eigenvalue weighted by atomic mass is 10.1. The molecular weight excluding hydrogens is 278 g/mol. The summed E-state index contributed by atoms with van der Waals surface area (Å²) in [6, 6.07) is 8.41. The third kappa shape index (κ3) is 3.80. The van der Waals surface area contributed by atoms with Gasteiger partial charge in [-0.1, -0.05) is 40.9 Å². The van der Waals surface area contributed by atoms with Crippen molar-refractivity contribution in [3.8, 4) is 0 Å².